The van der Waals surface area contributed by atoms with Gasteiger partial charge in [-0.25, -0.2) is 4.98 Å². The Labute approximate surface area is 93.9 Å². The average Bonchev–Trinajstić information content (AvgIpc) is 2.79. The van der Waals surface area contributed by atoms with Crippen LogP contribution in [0.5, 0.6) is 0 Å². The highest BCUT2D eigenvalue weighted by molar-refractivity contribution is 7.09. The highest BCUT2D eigenvalue weighted by Crippen LogP contribution is 2.26. The number of likely N-dealkylation sites (tertiary alicyclic amines) is 1. The Morgan fingerprint density at radius 1 is 1.71 bits per heavy atom. The van der Waals surface area contributed by atoms with E-state index in [4.69, 9.17) is 11.6 Å². The van der Waals surface area contributed by atoms with Crippen LogP contribution >= 0.6 is 22.9 Å². The number of thiazole rings is 1. The van der Waals surface area contributed by atoms with Gasteiger partial charge in [-0.05, 0) is 25.8 Å². The van der Waals surface area contributed by atoms with Crippen molar-refractivity contribution in [2.24, 2.45) is 5.92 Å². The van der Waals surface area contributed by atoms with E-state index in [0.717, 1.165) is 19.0 Å². The smallest absolute Gasteiger partial charge is 0.107 e. The molecule has 0 N–H and O–H groups in total. The lowest BCUT2D eigenvalue weighted by atomic mass is 10.1. The van der Waals surface area contributed by atoms with Crippen LogP contribution in [0.3, 0.4) is 0 Å². The zero-order chi connectivity index (χ0) is 9.97. The number of rotatable bonds is 3. The van der Waals surface area contributed by atoms with Crippen LogP contribution in [0.2, 0.25) is 0 Å². The Balaban J connectivity index is 1.94. The van der Waals surface area contributed by atoms with Crippen molar-refractivity contribution in [2.45, 2.75) is 25.9 Å². The first-order chi connectivity index (χ1) is 6.81. The summed E-state index contributed by atoms with van der Waals surface area (Å²) >= 11 is 7.65. The SMILES string of the molecule is CC1C(CCl)CCN1Cc1nccs1. The summed E-state index contributed by atoms with van der Waals surface area (Å²) in [6, 6.07) is 0.608. The molecule has 4 heteroatoms. The number of hydrogen-bond donors (Lipinski definition) is 0. The van der Waals surface area contributed by atoms with Crippen LogP contribution in [0.25, 0.3) is 0 Å². The molecule has 1 aliphatic heterocycles. The number of nitrogens with zero attached hydrogens (tertiary/aromatic N) is 2. The highest BCUT2D eigenvalue weighted by Gasteiger charge is 2.29. The molecule has 1 fully saturated rings. The van der Waals surface area contributed by atoms with E-state index >= 15 is 0 Å². The first-order valence-corrected chi connectivity index (χ1v) is 6.41. The molecule has 1 aromatic heterocycles. The zero-order valence-corrected chi connectivity index (χ0v) is 9.89. The quantitative estimate of drug-likeness (QED) is 0.743. The van der Waals surface area contributed by atoms with Crippen LogP contribution in [0.1, 0.15) is 18.4 Å². The average molecular weight is 231 g/mol. The Kier molecular flexibility index (Phi) is 3.42. The minimum Gasteiger partial charge on any atom is -0.294 e. The van der Waals surface area contributed by atoms with Gasteiger partial charge in [0.1, 0.15) is 5.01 Å². The summed E-state index contributed by atoms with van der Waals surface area (Å²) in [6.07, 6.45) is 3.11. The fourth-order valence-corrected chi connectivity index (χ4v) is 3.06. The molecular formula is C10H15ClN2S. The van der Waals surface area contributed by atoms with Gasteiger partial charge in [0.25, 0.3) is 0 Å². The van der Waals surface area contributed by atoms with E-state index in [-0.39, 0.29) is 0 Å². The van der Waals surface area contributed by atoms with Crippen LogP contribution in [0.15, 0.2) is 11.6 Å². The molecule has 78 valence electrons. The highest BCUT2D eigenvalue weighted by atomic mass is 35.5. The lowest BCUT2D eigenvalue weighted by molar-refractivity contribution is 0.240. The molecule has 0 aromatic carbocycles. The molecule has 0 spiro atoms. The van der Waals surface area contributed by atoms with Crippen LogP contribution in [-0.2, 0) is 6.54 Å². The molecule has 2 heterocycles. The Bertz CT molecular complexity index is 276. The van der Waals surface area contributed by atoms with Crippen molar-refractivity contribution in [2.75, 3.05) is 12.4 Å². The molecule has 2 rings (SSSR count). The fourth-order valence-electron chi connectivity index (χ4n) is 2.01. The van der Waals surface area contributed by atoms with Gasteiger partial charge in [0.2, 0.25) is 0 Å². The van der Waals surface area contributed by atoms with E-state index in [1.165, 1.54) is 11.4 Å². The largest absolute Gasteiger partial charge is 0.294 e. The maximum absolute atomic E-state index is 5.91. The molecule has 0 aliphatic carbocycles. The Hall–Kier alpha value is -0.120. The first-order valence-electron chi connectivity index (χ1n) is 4.99. The summed E-state index contributed by atoms with van der Waals surface area (Å²) in [7, 11) is 0. The molecule has 2 atom stereocenters. The Morgan fingerprint density at radius 2 is 2.57 bits per heavy atom. The van der Waals surface area contributed by atoms with E-state index in [1.807, 2.05) is 11.6 Å². The molecule has 1 aromatic rings. The molecular weight excluding hydrogens is 216 g/mol. The standard InChI is InChI=1S/C10H15ClN2S/c1-8-9(6-11)2-4-13(8)7-10-12-3-5-14-10/h3,5,8-9H,2,4,6-7H2,1H3. The van der Waals surface area contributed by atoms with Gasteiger partial charge >= 0.3 is 0 Å². The predicted octanol–water partition coefficient (Wildman–Crippen LogP) is 2.59. The van der Waals surface area contributed by atoms with Crippen molar-refractivity contribution in [3.8, 4) is 0 Å². The minimum atomic E-state index is 0.608. The summed E-state index contributed by atoms with van der Waals surface area (Å²) in [5, 5.41) is 3.25. The number of aromatic nitrogens is 1. The van der Waals surface area contributed by atoms with Crippen molar-refractivity contribution < 1.29 is 0 Å². The second-order valence-electron chi connectivity index (χ2n) is 3.84. The Morgan fingerprint density at radius 3 is 3.14 bits per heavy atom. The van der Waals surface area contributed by atoms with E-state index in [2.05, 4.69) is 16.8 Å². The van der Waals surface area contributed by atoms with Crippen LogP contribution in [0.4, 0.5) is 0 Å². The first kappa shape index (κ1) is 10.4. The summed E-state index contributed by atoms with van der Waals surface area (Å²) < 4.78 is 0. The van der Waals surface area contributed by atoms with Crippen molar-refractivity contribution >= 4 is 22.9 Å². The van der Waals surface area contributed by atoms with Crippen molar-refractivity contribution in [3.63, 3.8) is 0 Å². The molecule has 0 bridgehead atoms. The van der Waals surface area contributed by atoms with E-state index in [9.17, 15) is 0 Å². The van der Waals surface area contributed by atoms with Gasteiger partial charge in [0.15, 0.2) is 0 Å². The van der Waals surface area contributed by atoms with Crippen molar-refractivity contribution in [1.82, 2.24) is 9.88 Å². The third kappa shape index (κ3) is 2.10. The molecule has 2 nitrogen and oxygen atoms in total. The van der Waals surface area contributed by atoms with Crippen LogP contribution in [0, 0.1) is 5.92 Å². The predicted molar refractivity (Wildman–Crippen MR) is 60.8 cm³/mol. The third-order valence-corrected chi connectivity index (χ3v) is 4.23. The third-order valence-electron chi connectivity index (χ3n) is 3.07. The van der Waals surface area contributed by atoms with E-state index in [1.54, 1.807) is 11.3 Å². The topological polar surface area (TPSA) is 16.1 Å². The maximum atomic E-state index is 5.91. The second kappa shape index (κ2) is 4.60. The number of alkyl halides is 1. The lowest BCUT2D eigenvalue weighted by Crippen LogP contribution is -2.30. The van der Waals surface area contributed by atoms with Crippen molar-refractivity contribution in [3.05, 3.63) is 16.6 Å². The van der Waals surface area contributed by atoms with Gasteiger partial charge in [-0.15, -0.1) is 22.9 Å². The zero-order valence-electron chi connectivity index (χ0n) is 8.32. The van der Waals surface area contributed by atoms with Crippen LogP contribution < -0.4 is 0 Å². The van der Waals surface area contributed by atoms with E-state index < -0.39 is 0 Å². The van der Waals surface area contributed by atoms with Gasteiger partial charge in [-0.1, -0.05) is 0 Å². The maximum Gasteiger partial charge on any atom is 0.107 e. The van der Waals surface area contributed by atoms with Gasteiger partial charge in [-0.3, -0.25) is 4.90 Å². The van der Waals surface area contributed by atoms with Crippen molar-refractivity contribution in [1.29, 1.82) is 0 Å². The molecule has 0 amide bonds. The fraction of sp³-hybridized carbons (Fsp3) is 0.700. The molecule has 1 aliphatic rings. The van der Waals surface area contributed by atoms with Gasteiger partial charge in [-0.2, -0.15) is 0 Å². The number of hydrogen-bond acceptors (Lipinski definition) is 3. The molecule has 0 saturated carbocycles. The van der Waals surface area contributed by atoms with Gasteiger partial charge in [0, 0.05) is 23.5 Å². The molecule has 1 saturated heterocycles. The normalized spacial score (nSPS) is 28.4. The monoisotopic (exact) mass is 230 g/mol. The molecule has 2 unspecified atom stereocenters. The van der Waals surface area contributed by atoms with E-state index in [0.29, 0.717) is 12.0 Å². The number of halogens is 1. The van der Waals surface area contributed by atoms with Gasteiger partial charge in [0.05, 0.1) is 6.54 Å². The lowest BCUT2D eigenvalue weighted by Gasteiger charge is -2.22. The summed E-state index contributed by atoms with van der Waals surface area (Å²) in [5.41, 5.74) is 0. The van der Waals surface area contributed by atoms with Gasteiger partial charge < -0.3 is 0 Å². The summed E-state index contributed by atoms with van der Waals surface area (Å²) in [6.45, 7) is 4.43. The molecule has 14 heavy (non-hydrogen) atoms. The second-order valence-corrected chi connectivity index (χ2v) is 5.13. The summed E-state index contributed by atoms with van der Waals surface area (Å²) in [4.78, 5) is 6.79. The van der Waals surface area contributed by atoms with Crippen LogP contribution in [-0.4, -0.2) is 28.4 Å². The molecule has 0 radical (unpaired) electrons. The minimum absolute atomic E-state index is 0.608. The summed E-state index contributed by atoms with van der Waals surface area (Å²) in [5.74, 6) is 1.45.